The molecule has 1 aromatic heterocycles. The van der Waals surface area contributed by atoms with E-state index in [1.807, 2.05) is 61.6 Å². The van der Waals surface area contributed by atoms with E-state index in [2.05, 4.69) is 36.8 Å². The van der Waals surface area contributed by atoms with Crippen molar-refractivity contribution < 1.29 is 9.59 Å². The van der Waals surface area contributed by atoms with Crippen LogP contribution in [-0.4, -0.2) is 32.3 Å². The fourth-order valence-electron chi connectivity index (χ4n) is 3.12. The Bertz CT molecular complexity index is 1290. The molecule has 2 amide bonds. The molecule has 0 unspecified atom stereocenters. The van der Waals surface area contributed by atoms with Crippen molar-refractivity contribution in [1.82, 2.24) is 20.1 Å². The highest BCUT2D eigenvalue weighted by Gasteiger charge is 2.14. The van der Waals surface area contributed by atoms with Gasteiger partial charge < -0.3 is 15.2 Å². The normalized spacial score (nSPS) is 10.8. The van der Waals surface area contributed by atoms with Gasteiger partial charge in [-0.3, -0.25) is 9.59 Å². The van der Waals surface area contributed by atoms with E-state index in [1.165, 1.54) is 11.8 Å². The number of hydrogen-bond donors (Lipinski definition) is 2. The first-order valence-electron chi connectivity index (χ1n) is 9.84. The monoisotopic (exact) mass is 509 g/mol. The van der Waals surface area contributed by atoms with Crippen LogP contribution in [0.5, 0.6) is 0 Å². The Morgan fingerprint density at radius 3 is 2.56 bits per heavy atom. The molecule has 162 valence electrons. The molecule has 0 aliphatic rings. The van der Waals surface area contributed by atoms with Crippen molar-refractivity contribution >= 4 is 56.0 Å². The SMILES string of the molecule is Cn1c(CNC(=O)c2ccccc2Br)nnc1SCC(=O)Nc1ccc2ccccc2c1. The lowest BCUT2D eigenvalue weighted by molar-refractivity contribution is -0.113. The van der Waals surface area contributed by atoms with Crippen molar-refractivity contribution in [3.8, 4) is 0 Å². The lowest BCUT2D eigenvalue weighted by Crippen LogP contribution is -2.24. The van der Waals surface area contributed by atoms with Gasteiger partial charge in [-0.25, -0.2) is 0 Å². The van der Waals surface area contributed by atoms with Gasteiger partial charge in [0, 0.05) is 17.2 Å². The second-order valence-electron chi connectivity index (χ2n) is 7.02. The Morgan fingerprint density at radius 1 is 1.00 bits per heavy atom. The molecule has 4 aromatic rings. The second-order valence-corrected chi connectivity index (χ2v) is 8.82. The van der Waals surface area contributed by atoms with Gasteiger partial charge in [0.05, 0.1) is 17.9 Å². The molecule has 0 saturated carbocycles. The Balaban J connectivity index is 1.31. The highest BCUT2D eigenvalue weighted by molar-refractivity contribution is 9.10. The first kappa shape index (κ1) is 22.0. The van der Waals surface area contributed by atoms with E-state index in [9.17, 15) is 9.59 Å². The molecule has 3 aromatic carbocycles. The van der Waals surface area contributed by atoms with Gasteiger partial charge >= 0.3 is 0 Å². The molecule has 1 heterocycles. The van der Waals surface area contributed by atoms with E-state index < -0.39 is 0 Å². The number of rotatable bonds is 7. The highest BCUT2D eigenvalue weighted by atomic mass is 79.9. The van der Waals surface area contributed by atoms with Gasteiger partial charge in [0.25, 0.3) is 5.91 Å². The number of aromatic nitrogens is 3. The van der Waals surface area contributed by atoms with E-state index in [-0.39, 0.29) is 24.1 Å². The van der Waals surface area contributed by atoms with Crippen molar-refractivity contribution in [2.45, 2.75) is 11.7 Å². The third kappa shape index (κ3) is 5.17. The number of thioether (sulfide) groups is 1. The predicted molar refractivity (Wildman–Crippen MR) is 130 cm³/mol. The molecule has 0 aliphatic carbocycles. The van der Waals surface area contributed by atoms with Crippen LogP contribution in [0.4, 0.5) is 5.69 Å². The van der Waals surface area contributed by atoms with Crippen LogP contribution in [0.3, 0.4) is 0 Å². The zero-order valence-electron chi connectivity index (χ0n) is 17.2. The Morgan fingerprint density at radius 2 is 1.75 bits per heavy atom. The van der Waals surface area contributed by atoms with Crippen molar-refractivity contribution in [3.05, 3.63) is 82.6 Å². The number of nitrogens with one attached hydrogen (secondary N) is 2. The Kier molecular flexibility index (Phi) is 6.87. The number of anilines is 1. The van der Waals surface area contributed by atoms with Gasteiger partial charge in [-0.2, -0.15) is 0 Å². The van der Waals surface area contributed by atoms with Crippen LogP contribution in [0, 0.1) is 0 Å². The number of carbonyl (C=O) groups is 2. The summed E-state index contributed by atoms with van der Waals surface area (Å²) in [5.74, 6) is 0.464. The van der Waals surface area contributed by atoms with E-state index in [1.54, 1.807) is 16.7 Å². The number of nitrogens with zero attached hydrogens (tertiary/aromatic N) is 3. The Labute approximate surface area is 197 Å². The lowest BCUT2D eigenvalue weighted by atomic mass is 10.1. The van der Waals surface area contributed by atoms with Gasteiger partial charge in [-0.15, -0.1) is 10.2 Å². The average Bonchev–Trinajstić information content (AvgIpc) is 3.15. The van der Waals surface area contributed by atoms with E-state index in [4.69, 9.17) is 0 Å². The van der Waals surface area contributed by atoms with Crippen molar-refractivity contribution in [1.29, 1.82) is 0 Å². The number of fused-ring (bicyclic) bond motifs is 1. The minimum Gasteiger partial charge on any atom is -0.345 e. The molecular weight excluding hydrogens is 490 g/mol. The summed E-state index contributed by atoms with van der Waals surface area (Å²) in [6.45, 7) is 0.230. The largest absolute Gasteiger partial charge is 0.345 e. The first-order chi connectivity index (χ1) is 15.5. The van der Waals surface area contributed by atoms with Crippen LogP contribution in [0.25, 0.3) is 10.8 Å². The smallest absolute Gasteiger partial charge is 0.252 e. The number of amides is 2. The lowest BCUT2D eigenvalue weighted by Gasteiger charge is -2.08. The van der Waals surface area contributed by atoms with E-state index >= 15 is 0 Å². The van der Waals surface area contributed by atoms with Crippen LogP contribution >= 0.6 is 27.7 Å². The molecular formula is C23H20BrN5O2S. The van der Waals surface area contributed by atoms with Gasteiger partial charge in [-0.1, -0.05) is 54.2 Å². The maximum absolute atomic E-state index is 12.4. The molecule has 0 aliphatic heterocycles. The maximum atomic E-state index is 12.4. The third-order valence-electron chi connectivity index (χ3n) is 4.82. The number of benzene rings is 3. The molecule has 7 nitrogen and oxygen atoms in total. The number of carbonyl (C=O) groups excluding carboxylic acids is 2. The van der Waals surface area contributed by atoms with Crippen LogP contribution in [0.2, 0.25) is 0 Å². The molecule has 0 atom stereocenters. The number of hydrogen-bond acceptors (Lipinski definition) is 5. The first-order valence-corrected chi connectivity index (χ1v) is 11.6. The zero-order valence-corrected chi connectivity index (χ0v) is 19.6. The van der Waals surface area contributed by atoms with Crippen LogP contribution in [0.15, 0.2) is 76.4 Å². The third-order valence-corrected chi connectivity index (χ3v) is 6.53. The molecule has 32 heavy (non-hydrogen) atoms. The topological polar surface area (TPSA) is 88.9 Å². The van der Waals surface area contributed by atoms with Crippen molar-refractivity contribution in [3.63, 3.8) is 0 Å². The quantitative estimate of drug-likeness (QED) is 0.360. The van der Waals surface area contributed by atoms with Crippen molar-refractivity contribution in [2.75, 3.05) is 11.1 Å². The molecule has 4 rings (SSSR count). The highest BCUT2D eigenvalue weighted by Crippen LogP contribution is 2.20. The summed E-state index contributed by atoms with van der Waals surface area (Å²) >= 11 is 4.66. The molecule has 2 N–H and O–H groups in total. The van der Waals surface area contributed by atoms with Gasteiger partial charge in [0.15, 0.2) is 11.0 Å². The fourth-order valence-corrected chi connectivity index (χ4v) is 4.31. The average molecular weight is 510 g/mol. The van der Waals surface area contributed by atoms with Crippen LogP contribution in [-0.2, 0) is 18.4 Å². The van der Waals surface area contributed by atoms with Gasteiger partial charge in [0.1, 0.15) is 0 Å². The second kappa shape index (κ2) is 9.97. The zero-order chi connectivity index (χ0) is 22.5. The summed E-state index contributed by atoms with van der Waals surface area (Å²) in [4.78, 5) is 24.8. The van der Waals surface area contributed by atoms with Crippen LogP contribution in [0.1, 0.15) is 16.2 Å². The summed E-state index contributed by atoms with van der Waals surface area (Å²) in [6, 6.07) is 21.0. The molecule has 0 fully saturated rings. The number of halogens is 1. The minimum atomic E-state index is -0.204. The van der Waals surface area contributed by atoms with Gasteiger partial charge in [-0.05, 0) is 51.0 Å². The Hall–Kier alpha value is -3.17. The van der Waals surface area contributed by atoms with E-state index in [0.717, 1.165) is 20.9 Å². The molecule has 0 spiro atoms. The maximum Gasteiger partial charge on any atom is 0.252 e. The molecule has 0 saturated heterocycles. The summed E-state index contributed by atoms with van der Waals surface area (Å²) in [5, 5.41) is 16.8. The standard InChI is InChI=1S/C23H20BrN5O2S/c1-29-20(13-25-22(31)18-8-4-5-9-19(18)24)27-28-23(29)32-14-21(30)26-17-11-10-15-6-2-3-7-16(15)12-17/h2-12H,13-14H2,1H3,(H,25,31)(H,26,30). The summed E-state index contributed by atoms with van der Waals surface area (Å²) in [6.07, 6.45) is 0. The summed E-state index contributed by atoms with van der Waals surface area (Å²) < 4.78 is 2.50. The van der Waals surface area contributed by atoms with E-state index in [0.29, 0.717) is 16.5 Å². The minimum absolute atomic E-state index is 0.128. The summed E-state index contributed by atoms with van der Waals surface area (Å²) in [7, 11) is 1.81. The fraction of sp³-hybridized carbons (Fsp3) is 0.130. The van der Waals surface area contributed by atoms with Gasteiger partial charge in [0.2, 0.25) is 5.91 Å². The molecule has 9 heteroatoms. The molecule has 0 radical (unpaired) electrons. The van der Waals surface area contributed by atoms with Crippen LogP contribution < -0.4 is 10.6 Å². The molecule has 0 bridgehead atoms. The van der Waals surface area contributed by atoms with Crippen molar-refractivity contribution in [2.24, 2.45) is 7.05 Å². The summed E-state index contributed by atoms with van der Waals surface area (Å²) in [5.41, 5.74) is 1.30. The predicted octanol–water partition coefficient (Wildman–Crippen LogP) is 4.39.